The van der Waals surface area contributed by atoms with Crippen molar-refractivity contribution in [3.8, 4) is 0 Å². The van der Waals surface area contributed by atoms with Gasteiger partial charge >= 0.3 is 0 Å². The lowest BCUT2D eigenvalue weighted by atomic mass is 10.4. The van der Waals surface area contributed by atoms with E-state index in [1.807, 2.05) is 76.2 Å². The number of hydrogen-bond donors (Lipinski definition) is 0. The van der Waals surface area contributed by atoms with E-state index in [2.05, 4.69) is 137 Å². The maximum absolute atomic E-state index is 4.36. The minimum Gasteiger partial charge on any atom is -0.321 e. The molecular formula is C30H48N28O2S6. The van der Waals surface area contributed by atoms with Crippen LogP contribution in [0.15, 0.2) is 9.15 Å². The summed E-state index contributed by atoms with van der Waals surface area (Å²) in [6.07, 6.45) is 0. The summed E-state index contributed by atoms with van der Waals surface area (Å²) in [4.78, 5) is 10.7. The predicted molar refractivity (Wildman–Crippen MR) is 243 cm³/mol. The molecule has 10 aromatic rings. The van der Waals surface area contributed by atoms with E-state index in [0.29, 0.717) is 17.5 Å². The third kappa shape index (κ3) is 29.8. The second-order valence-electron chi connectivity index (χ2n) is 11.8. The van der Waals surface area contributed by atoms with Crippen molar-refractivity contribution in [1.29, 1.82) is 0 Å². The molecule has 0 aliphatic heterocycles. The fourth-order valence-corrected chi connectivity index (χ4v) is 5.28. The third-order valence-electron chi connectivity index (χ3n) is 6.04. The maximum atomic E-state index is 4.36. The molecule has 36 heteroatoms. The average molecular weight is 1030 g/mol. The highest BCUT2D eigenvalue weighted by atomic mass is 32.1. The Morgan fingerprint density at radius 3 is 1.23 bits per heavy atom. The SMILES string of the molecule is Cc1nnn(C)n1.Cc1nnnn1C.Cc1nnno1.Cc1nnns1.Cc1nnon1.Cc1nnsc1C.Cc1nnsn1.Cc1nsc(C)n1.Cc1nsc(C)n1.Cc1nsnc1C. The largest absolute Gasteiger partial charge is 0.321 e. The van der Waals surface area contributed by atoms with Crippen LogP contribution in [0.4, 0.5) is 0 Å². The second kappa shape index (κ2) is 33.9. The van der Waals surface area contributed by atoms with Crippen molar-refractivity contribution in [2.45, 2.75) is 96.9 Å². The summed E-state index contributed by atoms with van der Waals surface area (Å²) in [6, 6.07) is 0. The van der Waals surface area contributed by atoms with Crippen LogP contribution in [0, 0.1) is 96.9 Å². The summed E-state index contributed by atoms with van der Waals surface area (Å²) in [5, 5.41) is 58.3. The van der Waals surface area contributed by atoms with Gasteiger partial charge in [-0.15, -0.1) is 30.6 Å². The van der Waals surface area contributed by atoms with Crippen LogP contribution in [-0.2, 0) is 14.1 Å². The highest BCUT2D eigenvalue weighted by Gasteiger charge is 1.93. The molecule has 10 rings (SSSR count). The zero-order valence-corrected chi connectivity index (χ0v) is 43.7. The van der Waals surface area contributed by atoms with Crippen molar-refractivity contribution in [1.82, 2.24) is 137 Å². The van der Waals surface area contributed by atoms with Gasteiger partial charge in [0.05, 0.1) is 58.1 Å². The quantitative estimate of drug-likeness (QED) is 0.209. The summed E-state index contributed by atoms with van der Waals surface area (Å²) in [7, 11) is 3.54. The van der Waals surface area contributed by atoms with E-state index in [0.717, 1.165) is 67.1 Å². The number of hydrogen-bond acceptors (Lipinski definition) is 34. The average Bonchev–Trinajstić information content (AvgIpc) is 4.09. The molecule has 0 aliphatic carbocycles. The van der Waals surface area contributed by atoms with Gasteiger partial charge in [-0.2, -0.15) is 26.7 Å². The Hall–Kier alpha value is -6.50. The molecule has 0 saturated heterocycles. The molecule has 0 aliphatic rings. The second-order valence-corrected chi connectivity index (χ2v) is 16.7. The fraction of sp³-hybridized carbons (Fsp3) is 0.533. The predicted octanol–water partition coefficient (Wildman–Crippen LogP) is 3.69. The fourth-order valence-electron chi connectivity index (χ4n) is 2.71. The lowest BCUT2D eigenvalue weighted by Crippen LogP contribution is -1.92. The number of nitrogens with zero attached hydrogens (tertiary/aromatic N) is 28. The van der Waals surface area contributed by atoms with Crippen molar-refractivity contribution in [3.63, 3.8) is 0 Å². The molecule has 0 radical (unpaired) electrons. The molecule has 0 saturated carbocycles. The Labute approximate surface area is 402 Å². The summed E-state index contributed by atoms with van der Waals surface area (Å²) in [5.41, 5.74) is 3.14. The van der Waals surface area contributed by atoms with E-state index in [1.165, 1.54) is 67.5 Å². The summed E-state index contributed by atoms with van der Waals surface area (Å²) >= 11 is 8.03. The normalized spacial score (nSPS) is 9.21. The first-order valence-corrected chi connectivity index (χ1v) is 22.8. The minimum atomic E-state index is 0.495. The molecule has 0 atom stereocenters. The number of aromatic nitrogens is 28. The van der Waals surface area contributed by atoms with Crippen molar-refractivity contribution in [3.05, 3.63) is 77.8 Å². The maximum Gasteiger partial charge on any atom is 0.245 e. The van der Waals surface area contributed by atoms with Gasteiger partial charge in [0.1, 0.15) is 32.5 Å². The van der Waals surface area contributed by atoms with E-state index >= 15 is 0 Å². The van der Waals surface area contributed by atoms with E-state index in [4.69, 9.17) is 0 Å². The Balaban J connectivity index is 0.000000367. The van der Waals surface area contributed by atoms with Crippen molar-refractivity contribution >= 4 is 69.6 Å². The van der Waals surface area contributed by atoms with Crippen LogP contribution >= 0.6 is 69.6 Å². The summed E-state index contributed by atoms with van der Waals surface area (Å²) in [6.45, 7) is 26.3. The number of aryl methyl sites for hydroxylation is 16. The van der Waals surface area contributed by atoms with Gasteiger partial charge in [-0.1, -0.05) is 23.7 Å². The van der Waals surface area contributed by atoms with E-state index < -0.39 is 0 Å². The van der Waals surface area contributed by atoms with Crippen LogP contribution in [-0.4, -0.2) is 137 Å². The van der Waals surface area contributed by atoms with Crippen molar-refractivity contribution in [2.75, 3.05) is 0 Å². The molecule has 0 unspecified atom stereocenters. The first-order chi connectivity index (χ1) is 31.4. The first kappa shape index (κ1) is 57.5. The summed E-state index contributed by atoms with van der Waals surface area (Å²) in [5.74, 6) is 5.11. The number of tetrazole rings is 2. The van der Waals surface area contributed by atoms with Gasteiger partial charge in [0.25, 0.3) is 0 Å². The lowest BCUT2D eigenvalue weighted by molar-refractivity contribution is 0.291. The van der Waals surface area contributed by atoms with Crippen LogP contribution in [0.5, 0.6) is 0 Å². The van der Waals surface area contributed by atoms with Crippen molar-refractivity contribution in [2.24, 2.45) is 14.1 Å². The smallest absolute Gasteiger partial charge is 0.245 e. The molecule has 30 nitrogen and oxygen atoms in total. The monoisotopic (exact) mass is 1020 g/mol. The Kier molecular flexibility index (Phi) is 29.6. The molecule has 0 fully saturated rings. The molecule has 10 heterocycles. The van der Waals surface area contributed by atoms with Crippen LogP contribution in [0.2, 0.25) is 0 Å². The molecule has 0 amide bonds. The zero-order valence-electron chi connectivity index (χ0n) is 38.8. The van der Waals surface area contributed by atoms with Gasteiger partial charge in [0.2, 0.25) is 5.89 Å². The first-order valence-electron chi connectivity index (χ1n) is 18.3. The van der Waals surface area contributed by atoms with Crippen LogP contribution in [0.3, 0.4) is 0 Å². The van der Waals surface area contributed by atoms with Crippen LogP contribution < -0.4 is 0 Å². The molecule has 0 bridgehead atoms. The summed E-state index contributed by atoms with van der Waals surface area (Å²) < 4.78 is 40.3. The van der Waals surface area contributed by atoms with Gasteiger partial charge in [-0.3, -0.25) is 0 Å². The lowest BCUT2D eigenvalue weighted by Gasteiger charge is -1.81. The van der Waals surface area contributed by atoms with Gasteiger partial charge in [-0.05, 0) is 149 Å². The zero-order chi connectivity index (χ0) is 49.3. The Morgan fingerprint density at radius 1 is 0.439 bits per heavy atom. The molecule has 0 spiro atoms. The highest BCUT2D eigenvalue weighted by molar-refractivity contribution is 7.06. The van der Waals surface area contributed by atoms with Crippen LogP contribution in [0.25, 0.3) is 0 Å². The van der Waals surface area contributed by atoms with Crippen LogP contribution in [0.1, 0.15) is 77.8 Å². The Morgan fingerprint density at radius 2 is 1.09 bits per heavy atom. The molecule has 356 valence electrons. The molecular weight excluding hydrogens is 977 g/mol. The Bertz CT molecular complexity index is 2190. The number of rotatable bonds is 0. The molecule has 10 aromatic heterocycles. The van der Waals surface area contributed by atoms with Gasteiger partial charge in [-0.25, -0.2) is 19.3 Å². The van der Waals surface area contributed by atoms with E-state index in [1.54, 1.807) is 39.5 Å². The standard InChI is InChI=1S/4C4H6N2S.2C3H6N4.2C2H3N3O.2C2H3N3S/c2*1-3-5-4(2)7-6-3;1-3-4(2)7-6-5-3;1-3-4(2)6-7-5-3;1-3-4-5-6-7(3)2;1-3-4-6-7(2)5-3;1-2-3-4-5-6-2;1-2-3-5-6-4-2;1-2-3-4-5-6-2;1-2-3-5-6-4-2/h6*1-2H3;4*1H3. The van der Waals surface area contributed by atoms with Crippen molar-refractivity contribution < 1.29 is 9.15 Å². The highest BCUT2D eigenvalue weighted by Crippen LogP contribution is 2.04. The van der Waals surface area contributed by atoms with E-state index in [9.17, 15) is 0 Å². The molecule has 66 heavy (non-hydrogen) atoms. The topological polar surface area (TPSA) is 371 Å². The molecule has 0 aromatic carbocycles. The van der Waals surface area contributed by atoms with Gasteiger partial charge < -0.3 is 4.52 Å². The molecule has 0 N–H and O–H groups in total. The van der Waals surface area contributed by atoms with Gasteiger partial charge in [0.15, 0.2) is 17.5 Å². The van der Waals surface area contributed by atoms with Gasteiger partial charge in [0, 0.05) is 37.3 Å². The minimum absolute atomic E-state index is 0.495. The third-order valence-corrected chi connectivity index (χ3v) is 9.90. The van der Waals surface area contributed by atoms with E-state index in [-0.39, 0.29) is 0 Å².